The molecule has 0 spiro atoms. The molecule has 0 aliphatic heterocycles. The van der Waals surface area contributed by atoms with E-state index < -0.39 is 23.8 Å². The Morgan fingerprint density at radius 2 is 2.00 bits per heavy atom. The molecular formula is C8H14N2O4. The van der Waals surface area contributed by atoms with Crippen LogP contribution in [0.3, 0.4) is 0 Å². The molecule has 4 N–H and O–H groups in total. The van der Waals surface area contributed by atoms with Crippen LogP contribution in [0.15, 0.2) is 0 Å². The van der Waals surface area contributed by atoms with Crippen molar-refractivity contribution in [3.05, 3.63) is 0 Å². The third-order valence-corrected chi connectivity index (χ3v) is 1.59. The van der Waals surface area contributed by atoms with Crippen molar-refractivity contribution in [2.45, 2.75) is 32.2 Å². The van der Waals surface area contributed by atoms with Gasteiger partial charge in [0.25, 0.3) is 0 Å². The Hall–Kier alpha value is -1.59. The van der Waals surface area contributed by atoms with Crippen LogP contribution in [0.4, 0.5) is 0 Å². The molecule has 1 atom stereocenters. The Morgan fingerprint density at radius 1 is 1.43 bits per heavy atom. The lowest BCUT2D eigenvalue weighted by Crippen LogP contribution is -2.39. The molecule has 0 fully saturated rings. The number of amides is 2. The van der Waals surface area contributed by atoms with Crippen LogP contribution < -0.4 is 11.1 Å². The predicted octanol–water partition coefficient (Wildman–Crippen LogP) is -0.769. The molecule has 0 heterocycles. The summed E-state index contributed by atoms with van der Waals surface area (Å²) in [6.45, 7) is 1.24. The summed E-state index contributed by atoms with van der Waals surface area (Å²) in [4.78, 5) is 31.5. The smallest absolute Gasteiger partial charge is 0.326 e. The quantitative estimate of drug-likeness (QED) is 0.525. The van der Waals surface area contributed by atoms with Gasteiger partial charge in [-0.15, -0.1) is 0 Å². The van der Waals surface area contributed by atoms with Crippen LogP contribution >= 0.6 is 0 Å². The topological polar surface area (TPSA) is 109 Å². The van der Waals surface area contributed by atoms with E-state index in [1.165, 1.54) is 6.92 Å². The molecule has 0 radical (unpaired) electrons. The van der Waals surface area contributed by atoms with Crippen LogP contribution in [0.25, 0.3) is 0 Å². The molecule has 0 bridgehead atoms. The number of rotatable bonds is 6. The third-order valence-electron chi connectivity index (χ3n) is 1.59. The van der Waals surface area contributed by atoms with Gasteiger partial charge < -0.3 is 16.2 Å². The molecule has 1 unspecified atom stereocenters. The van der Waals surface area contributed by atoms with Crippen LogP contribution in [0, 0.1) is 0 Å². The molecule has 0 aromatic carbocycles. The van der Waals surface area contributed by atoms with Gasteiger partial charge in [-0.25, -0.2) is 4.79 Å². The number of aliphatic carboxylic acids is 1. The molecule has 2 amide bonds. The normalized spacial score (nSPS) is 11.8. The number of nitrogens with one attached hydrogen (secondary N) is 1. The fourth-order valence-corrected chi connectivity index (χ4v) is 0.983. The maximum atomic E-state index is 10.6. The molecular weight excluding hydrogens is 188 g/mol. The van der Waals surface area contributed by atoms with Crippen LogP contribution in [0.1, 0.15) is 26.2 Å². The van der Waals surface area contributed by atoms with Gasteiger partial charge in [-0.05, 0) is 12.8 Å². The van der Waals surface area contributed by atoms with E-state index in [1.807, 2.05) is 0 Å². The fraction of sp³-hybridized carbons (Fsp3) is 0.625. The maximum absolute atomic E-state index is 10.6. The zero-order chi connectivity index (χ0) is 11.1. The zero-order valence-electron chi connectivity index (χ0n) is 7.95. The largest absolute Gasteiger partial charge is 0.480 e. The number of carbonyl (C=O) groups is 3. The van der Waals surface area contributed by atoms with Crippen molar-refractivity contribution in [1.29, 1.82) is 0 Å². The van der Waals surface area contributed by atoms with Gasteiger partial charge in [-0.2, -0.15) is 0 Å². The van der Waals surface area contributed by atoms with E-state index in [1.54, 1.807) is 0 Å². The van der Waals surface area contributed by atoms with Crippen molar-refractivity contribution >= 4 is 17.8 Å². The van der Waals surface area contributed by atoms with Crippen LogP contribution in [-0.2, 0) is 14.4 Å². The first-order valence-electron chi connectivity index (χ1n) is 4.21. The van der Waals surface area contributed by atoms with Crippen molar-refractivity contribution in [2.24, 2.45) is 5.73 Å². The highest BCUT2D eigenvalue weighted by atomic mass is 16.4. The molecule has 0 aliphatic carbocycles. The molecule has 0 saturated heterocycles. The van der Waals surface area contributed by atoms with Gasteiger partial charge in [-0.3, -0.25) is 9.59 Å². The first-order valence-corrected chi connectivity index (χ1v) is 4.21. The number of carboxylic acids is 1. The number of carboxylic acid groups (broad SMARTS) is 1. The van der Waals surface area contributed by atoms with Crippen molar-refractivity contribution in [3.63, 3.8) is 0 Å². The Morgan fingerprint density at radius 3 is 2.36 bits per heavy atom. The third kappa shape index (κ3) is 5.99. The van der Waals surface area contributed by atoms with E-state index in [2.05, 4.69) is 5.32 Å². The van der Waals surface area contributed by atoms with Crippen LogP contribution in [0.5, 0.6) is 0 Å². The van der Waals surface area contributed by atoms with E-state index >= 15 is 0 Å². The van der Waals surface area contributed by atoms with Gasteiger partial charge in [0, 0.05) is 13.3 Å². The molecule has 6 heteroatoms. The Kier molecular flexibility index (Phi) is 5.28. The SMILES string of the molecule is CC(=O)NC(CCCC(N)=O)C(=O)O. The lowest BCUT2D eigenvalue weighted by Gasteiger charge is -2.11. The minimum absolute atomic E-state index is 0.128. The summed E-state index contributed by atoms with van der Waals surface area (Å²) >= 11 is 0. The Labute approximate surface area is 81.5 Å². The summed E-state index contributed by atoms with van der Waals surface area (Å²) in [6, 6.07) is -0.938. The van der Waals surface area contributed by atoms with Gasteiger partial charge in [0.05, 0.1) is 0 Å². The number of carbonyl (C=O) groups excluding carboxylic acids is 2. The van der Waals surface area contributed by atoms with Crippen molar-refractivity contribution in [1.82, 2.24) is 5.32 Å². The lowest BCUT2D eigenvalue weighted by atomic mass is 10.1. The molecule has 0 aromatic rings. The number of primary amides is 1. The molecule has 6 nitrogen and oxygen atoms in total. The zero-order valence-corrected chi connectivity index (χ0v) is 7.95. The summed E-state index contributed by atoms with van der Waals surface area (Å²) in [7, 11) is 0. The lowest BCUT2D eigenvalue weighted by molar-refractivity contribution is -0.141. The Balaban J connectivity index is 3.91. The molecule has 80 valence electrons. The monoisotopic (exact) mass is 202 g/mol. The summed E-state index contributed by atoms with van der Waals surface area (Å²) in [6.07, 6.45) is 0.688. The summed E-state index contributed by atoms with van der Waals surface area (Å²) < 4.78 is 0. The van der Waals surface area contributed by atoms with Crippen LogP contribution in [0.2, 0.25) is 0 Å². The number of hydrogen-bond acceptors (Lipinski definition) is 3. The van der Waals surface area contributed by atoms with Gasteiger partial charge in [0.2, 0.25) is 11.8 Å². The van der Waals surface area contributed by atoms with Gasteiger partial charge in [0.15, 0.2) is 0 Å². The second-order valence-electron chi connectivity index (χ2n) is 2.95. The maximum Gasteiger partial charge on any atom is 0.326 e. The van der Waals surface area contributed by atoms with Gasteiger partial charge >= 0.3 is 5.97 Å². The molecule has 0 aromatic heterocycles. The molecule has 0 rings (SSSR count). The van der Waals surface area contributed by atoms with E-state index in [0.717, 1.165) is 0 Å². The fourth-order valence-electron chi connectivity index (χ4n) is 0.983. The van der Waals surface area contributed by atoms with E-state index in [4.69, 9.17) is 10.8 Å². The minimum atomic E-state index is -1.11. The van der Waals surface area contributed by atoms with Crippen molar-refractivity contribution < 1.29 is 19.5 Å². The summed E-state index contributed by atoms with van der Waals surface area (Å²) in [5.41, 5.74) is 4.88. The average molecular weight is 202 g/mol. The molecule has 0 aliphatic rings. The van der Waals surface area contributed by atoms with Gasteiger partial charge in [-0.1, -0.05) is 0 Å². The van der Waals surface area contributed by atoms with Crippen LogP contribution in [-0.4, -0.2) is 28.9 Å². The highest BCUT2D eigenvalue weighted by molar-refractivity contribution is 5.82. The second kappa shape index (κ2) is 5.95. The standard InChI is InChI=1S/C8H14N2O4/c1-5(11)10-6(8(13)14)3-2-4-7(9)12/h6H,2-4H2,1H3,(H2,9,12)(H,10,11)(H,13,14). The second-order valence-corrected chi connectivity index (χ2v) is 2.95. The Bertz CT molecular complexity index is 239. The molecule has 0 saturated carbocycles. The highest BCUT2D eigenvalue weighted by Gasteiger charge is 2.17. The van der Waals surface area contributed by atoms with Crippen molar-refractivity contribution in [3.8, 4) is 0 Å². The summed E-state index contributed by atoms with van der Waals surface area (Å²) in [5.74, 6) is -1.99. The highest BCUT2D eigenvalue weighted by Crippen LogP contribution is 2.00. The van der Waals surface area contributed by atoms with E-state index in [-0.39, 0.29) is 12.8 Å². The number of hydrogen-bond donors (Lipinski definition) is 3. The van der Waals surface area contributed by atoms with Crippen molar-refractivity contribution in [2.75, 3.05) is 0 Å². The first-order chi connectivity index (χ1) is 6.43. The van der Waals surface area contributed by atoms with Gasteiger partial charge in [0.1, 0.15) is 6.04 Å². The summed E-state index contributed by atoms with van der Waals surface area (Å²) in [5, 5.41) is 10.9. The van der Waals surface area contributed by atoms with E-state index in [9.17, 15) is 14.4 Å². The minimum Gasteiger partial charge on any atom is -0.480 e. The average Bonchev–Trinajstić information content (AvgIpc) is 2.00. The number of nitrogens with two attached hydrogens (primary N) is 1. The molecule has 14 heavy (non-hydrogen) atoms. The first kappa shape index (κ1) is 12.4. The predicted molar refractivity (Wildman–Crippen MR) is 48.3 cm³/mol. The van der Waals surface area contributed by atoms with E-state index in [0.29, 0.717) is 6.42 Å².